The fraction of sp³-hybridized carbons (Fsp3) is 0.278. The normalized spacial score (nSPS) is 10.4. The lowest BCUT2D eigenvalue weighted by atomic mass is 10.0. The van der Waals surface area contributed by atoms with Gasteiger partial charge in [-0.25, -0.2) is 0 Å². The Hall–Kier alpha value is -2.49. The highest BCUT2D eigenvalue weighted by atomic mass is 16.5. The zero-order valence-corrected chi connectivity index (χ0v) is 13.4. The number of hydrogen-bond acceptors (Lipinski definition) is 3. The Labute approximate surface area is 131 Å². The van der Waals surface area contributed by atoms with Crippen LogP contribution >= 0.6 is 0 Å². The summed E-state index contributed by atoms with van der Waals surface area (Å²) in [6, 6.07) is 10.6. The quantitative estimate of drug-likeness (QED) is 0.941. The molecule has 0 aromatic heterocycles. The van der Waals surface area contributed by atoms with Gasteiger partial charge in [0.1, 0.15) is 17.2 Å². The van der Waals surface area contributed by atoms with E-state index < -0.39 is 0 Å². The highest BCUT2D eigenvalue weighted by molar-refractivity contribution is 5.78. The Bertz CT molecular complexity index is 652. The molecule has 1 amide bonds. The zero-order chi connectivity index (χ0) is 16.3. The molecule has 0 saturated heterocycles. The van der Waals surface area contributed by atoms with Crippen LogP contribution < -0.4 is 4.74 Å². The average molecular weight is 299 g/mol. The summed E-state index contributed by atoms with van der Waals surface area (Å²) in [6.07, 6.45) is 0.383. The number of amides is 1. The van der Waals surface area contributed by atoms with Gasteiger partial charge in [-0.2, -0.15) is 0 Å². The molecule has 0 spiro atoms. The number of ether oxygens (including phenoxy) is 1. The first-order valence-corrected chi connectivity index (χ1v) is 7.14. The third-order valence-electron chi connectivity index (χ3n) is 3.43. The van der Waals surface area contributed by atoms with Crippen LogP contribution in [0.1, 0.15) is 16.7 Å². The lowest BCUT2D eigenvalue weighted by Crippen LogP contribution is -2.23. The van der Waals surface area contributed by atoms with E-state index in [2.05, 4.69) is 0 Å². The van der Waals surface area contributed by atoms with Gasteiger partial charge in [0.05, 0.1) is 6.42 Å². The van der Waals surface area contributed by atoms with Gasteiger partial charge in [-0.15, -0.1) is 0 Å². The van der Waals surface area contributed by atoms with E-state index in [0.717, 1.165) is 22.4 Å². The van der Waals surface area contributed by atoms with Crippen molar-refractivity contribution >= 4 is 5.91 Å². The molecule has 0 atom stereocenters. The summed E-state index contributed by atoms with van der Waals surface area (Å²) in [5, 5.41) is 9.31. The summed E-state index contributed by atoms with van der Waals surface area (Å²) in [5.41, 5.74) is 2.94. The lowest BCUT2D eigenvalue weighted by molar-refractivity contribution is -0.127. The highest BCUT2D eigenvalue weighted by Gasteiger charge is 2.11. The molecule has 22 heavy (non-hydrogen) atoms. The SMILES string of the molecule is Cc1cc(CC(=O)N(C)C)cc(C)c1Oc1ccc(O)cc1. The second-order valence-corrected chi connectivity index (χ2v) is 5.62. The van der Waals surface area contributed by atoms with Crippen LogP contribution in [0.3, 0.4) is 0 Å². The van der Waals surface area contributed by atoms with Crippen LogP contribution in [0.5, 0.6) is 17.2 Å². The van der Waals surface area contributed by atoms with Crippen molar-refractivity contribution < 1.29 is 14.6 Å². The molecule has 4 nitrogen and oxygen atoms in total. The van der Waals surface area contributed by atoms with Gasteiger partial charge in [0, 0.05) is 14.1 Å². The van der Waals surface area contributed by atoms with Crippen LogP contribution in [0.15, 0.2) is 36.4 Å². The monoisotopic (exact) mass is 299 g/mol. The number of carbonyl (C=O) groups excluding carboxylic acids is 1. The molecule has 0 bridgehead atoms. The Balaban J connectivity index is 2.23. The average Bonchev–Trinajstić information content (AvgIpc) is 2.44. The minimum Gasteiger partial charge on any atom is -0.508 e. The van der Waals surface area contributed by atoms with Gasteiger partial charge >= 0.3 is 0 Å². The van der Waals surface area contributed by atoms with Gasteiger partial charge in [0.25, 0.3) is 0 Å². The molecule has 2 aromatic rings. The van der Waals surface area contributed by atoms with Crippen LogP contribution in [0, 0.1) is 13.8 Å². The van der Waals surface area contributed by atoms with Crippen molar-refractivity contribution in [2.75, 3.05) is 14.1 Å². The number of nitrogens with zero attached hydrogens (tertiary/aromatic N) is 1. The molecule has 4 heteroatoms. The number of likely N-dealkylation sites (N-methyl/N-ethyl adjacent to an activating group) is 1. The van der Waals surface area contributed by atoms with Gasteiger partial charge in [-0.3, -0.25) is 4.79 Å². The Morgan fingerprint density at radius 2 is 1.64 bits per heavy atom. The third-order valence-corrected chi connectivity index (χ3v) is 3.43. The van der Waals surface area contributed by atoms with E-state index in [0.29, 0.717) is 12.2 Å². The van der Waals surface area contributed by atoms with Crippen molar-refractivity contribution in [1.29, 1.82) is 0 Å². The summed E-state index contributed by atoms with van der Waals surface area (Å²) in [5.74, 6) is 1.73. The van der Waals surface area contributed by atoms with E-state index in [1.54, 1.807) is 43.3 Å². The number of phenols is 1. The summed E-state index contributed by atoms with van der Waals surface area (Å²) in [7, 11) is 3.51. The van der Waals surface area contributed by atoms with E-state index >= 15 is 0 Å². The number of aryl methyl sites for hydroxylation is 2. The van der Waals surface area contributed by atoms with Crippen LogP contribution in [-0.2, 0) is 11.2 Å². The maximum Gasteiger partial charge on any atom is 0.226 e. The molecule has 0 saturated carbocycles. The molecule has 0 radical (unpaired) electrons. The Morgan fingerprint density at radius 3 is 2.14 bits per heavy atom. The minimum atomic E-state index is 0.0750. The topological polar surface area (TPSA) is 49.8 Å². The maximum absolute atomic E-state index is 11.8. The van der Waals surface area contributed by atoms with Crippen LogP contribution in [0.2, 0.25) is 0 Å². The second kappa shape index (κ2) is 6.52. The lowest BCUT2D eigenvalue weighted by Gasteiger charge is -2.15. The number of rotatable bonds is 4. The number of hydrogen-bond donors (Lipinski definition) is 1. The van der Waals surface area contributed by atoms with E-state index in [4.69, 9.17) is 4.74 Å². The molecule has 2 rings (SSSR count). The molecule has 0 aliphatic carbocycles. The zero-order valence-electron chi connectivity index (χ0n) is 13.4. The first kappa shape index (κ1) is 15.9. The van der Waals surface area contributed by atoms with Crippen molar-refractivity contribution in [1.82, 2.24) is 4.90 Å². The van der Waals surface area contributed by atoms with E-state index in [9.17, 15) is 9.90 Å². The molecule has 0 unspecified atom stereocenters. The molecule has 116 valence electrons. The van der Waals surface area contributed by atoms with E-state index in [1.807, 2.05) is 26.0 Å². The van der Waals surface area contributed by atoms with Crippen LogP contribution in [0.4, 0.5) is 0 Å². The number of carbonyl (C=O) groups is 1. The molecule has 0 fully saturated rings. The van der Waals surface area contributed by atoms with Crippen LogP contribution in [0.25, 0.3) is 0 Å². The molecule has 0 aliphatic heterocycles. The number of aromatic hydroxyl groups is 1. The first-order chi connectivity index (χ1) is 10.4. The molecular weight excluding hydrogens is 278 g/mol. The Kier molecular flexibility index (Phi) is 4.71. The van der Waals surface area contributed by atoms with Crippen LogP contribution in [-0.4, -0.2) is 30.0 Å². The van der Waals surface area contributed by atoms with Crippen molar-refractivity contribution in [3.63, 3.8) is 0 Å². The minimum absolute atomic E-state index is 0.0750. The first-order valence-electron chi connectivity index (χ1n) is 7.14. The van der Waals surface area contributed by atoms with Crippen molar-refractivity contribution in [2.24, 2.45) is 0 Å². The smallest absolute Gasteiger partial charge is 0.226 e. The molecule has 2 aromatic carbocycles. The molecule has 0 aliphatic rings. The number of benzene rings is 2. The maximum atomic E-state index is 11.8. The summed E-state index contributed by atoms with van der Waals surface area (Å²) < 4.78 is 5.90. The van der Waals surface area contributed by atoms with Gasteiger partial charge in [0.15, 0.2) is 0 Å². The van der Waals surface area contributed by atoms with Gasteiger partial charge in [-0.05, 0) is 54.8 Å². The Morgan fingerprint density at radius 1 is 1.09 bits per heavy atom. The number of phenolic OH excluding ortho intramolecular Hbond substituents is 1. The van der Waals surface area contributed by atoms with Gasteiger partial charge in [0.2, 0.25) is 5.91 Å². The predicted octanol–water partition coefficient (Wildman–Crippen LogP) is 3.43. The van der Waals surface area contributed by atoms with Crippen molar-refractivity contribution in [3.05, 3.63) is 53.1 Å². The third kappa shape index (κ3) is 3.79. The fourth-order valence-corrected chi connectivity index (χ4v) is 2.27. The largest absolute Gasteiger partial charge is 0.508 e. The summed E-state index contributed by atoms with van der Waals surface area (Å²) >= 11 is 0. The molecular formula is C18H21NO3. The van der Waals surface area contributed by atoms with Gasteiger partial charge in [-0.1, -0.05) is 12.1 Å². The fourth-order valence-electron chi connectivity index (χ4n) is 2.27. The second-order valence-electron chi connectivity index (χ2n) is 5.62. The molecule has 1 N–H and O–H groups in total. The summed E-state index contributed by atoms with van der Waals surface area (Å²) in [4.78, 5) is 13.4. The summed E-state index contributed by atoms with van der Waals surface area (Å²) in [6.45, 7) is 3.93. The van der Waals surface area contributed by atoms with Crippen molar-refractivity contribution in [2.45, 2.75) is 20.3 Å². The van der Waals surface area contributed by atoms with E-state index in [1.165, 1.54) is 0 Å². The van der Waals surface area contributed by atoms with Crippen molar-refractivity contribution in [3.8, 4) is 17.2 Å². The van der Waals surface area contributed by atoms with E-state index in [-0.39, 0.29) is 11.7 Å². The van der Waals surface area contributed by atoms with Gasteiger partial charge < -0.3 is 14.7 Å². The predicted molar refractivity (Wildman–Crippen MR) is 86.5 cm³/mol. The highest BCUT2D eigenvalue weighted by Crippen LogP contribution is 2.30. The molecule has 0 heterocycles. The standard InChI is InChI=1S/C18H21NO3/c1-12-9-14(11-17(21)19(3)4)10-13(2)18(12)22-16-7-5-15(20)6-8-16/h5-10,20H,11H2,1-4H3.